The van der Waals surface area contributed by atoms with Crippen LogP contribution in [0.2, 0.25) is 0 Å². The lowest BCUT2D eigenvalue weighted by Gasteiger charge is -2.32. The summed E-state index contributed by atoms with van der Waals surface area (Å²) in [4.78, 5) is 0. The van der Waals surface area contributed by atoms with E-state index in [1.807, 2.05) is 23.5 Å². The minimum atomic E-state index is -0.420. The van der Waals surface area contributed by atoms with Crippen LogP contribution in [0.5, 0.6) is 0 Å². The number of benzene rings is 4. The summed E-state index contributed by atoms with van der Waals surface area (Å²) < 4.78 is 21.7. The Morgan fingerprint density at radius 3 is 2.14 bits per heavy atom. The van der Waals surface area contributed by atoms with E-state index in [-0.39, 0.29) is 0 Å². The van der Waals surface area contributed by atoms with Gasteiger partial charge in [0.1, 0.15) is 11.2 Å². The van der Waals surface area contributed by atoms with Crippen LogP contribution in [-0.2, 0) is 9.31 Å². The molecule has 7 rings (SSSR count). The molecular weight excluding hydrogens is 451 g/mol. The maximum Gasteiger partial charge on any atom is 0.494 e. The maximum absolute atomic E-state index is 6.45. The van der Waals surface area contributed by atoms with Gasteiger partial charge in [-0.25, -0.2) is 0 Å². The van der Waals surface area contributed by atoms with E-state index in [1.54, 1.807) is 0 Å². The second-order valence-electron chi connectivity index (χ2n) is 10.4. The van der Waals surface area contributed by atoms with Crippen LogP contribution in [0.4, 0.5) is 0 Å². The topological polar surface area (TPSA) is 31.6 Å². The van der Waals surface area contributed by atoms with Gasteiger partial charge in [-0.2, -0.15) is 0 Å². The van der Waals surface area contributed by atoms with Crippen molar-refractivity contribution in [2.24, 2.45) is 0 Å². The smallest absolute Gasteiger partial charge is 0.456 e. The molecular formula is C30H25BO3S. The Kier molecular flexibility index (Phi) is 4.36. The first kappa shape index (κ1) is 21.2. The van der Waals surface area contributed by atoms with Crippen molar-refractivity contribution < 1.29 is 13.7 Å². The predicted octanol–water partition coefficient (Wildman–Crippen LogP) is 7.92. The van der Waals surface area contributed by atoms with E-state index >= 15 is 0 Å². The molecule has 6 aromatic rings. The van der Waals surface area contributed by atoms with Crippen molar-refractivity contribution >= 4 is 66.0 Å². The van der Waals surface area contributed by atoms with Crippen LogP contribution in [0, 0.1) is 0 Å². The number of hydrogen-bond acceptors (Lipinski definition) is 4. The highest BCUT2D eigenvalue weighted by molar-refractivity contribution is 7.26. The largest absolute Gasteiger partial charge is 0.494 e. The molecule has 1 aliphatic rings. The van der Waals surface area contributed by atoms with Crippen molar-refractivity contribution in [1.29, 1.82) is 0 Å². The van der Waals surface area contributed by atoms with Crippen molar-refractivity contribution in [3.05, 3.63) is 78.9 Å². The number of para-hydroxylation sites is 1. The van der Waals surface area contributed by atoms with Gasteiger partial charge in [-0.3, -0.25) is 0 Å². The Morgan fingerprint density at radius 1 is 0.657 bits per heavy atom. The molecule has 0 aliphatic carbocycles. The SMILES string of the molecule is CC1(C)OB(c2cc(-c3ccc4c(c3)oc3ccccc34)c3sc4ccccc4c3c2)OC1(C)C. The van der Waals surface area contributed by atoms with Gasteiger partial charge >= 0.3 is 7.12 Å². The molecule has 1 saturated heterocycles. The lowest BCUT2D eigenvalue weighted by molar-refractivity contribution is 0.00578. The second-order valence-corrected chi connectivity index (χ2v) is 11.5. The molecule has 0 amide bonds. The predicted molar refractivity (Wildman–Crippen MR) is 148 cm³/mol. The van der Waals surface area contributed by atoms with Gasteiger partial charge in [-0.15, -0.1) is 11.3 Å². The number of hydrogen-bond donors (Lipinski definition) is 0. The van der Waals surface area contributed by atoms with Crippen LogP contribution >= 0.6 is 11.3 Å². The fourth-order valence-electron chi connectivity index (χ4n) is 5.07. The molecule has 0 saturated carbocycles. The van der Waals surface area contributed by atoms with E-state index in [4.69, 9.17) is 13.7 Å². The standard InChI is InChI=1S/C30H25BO3S/c1-29(2)30(3,4)34-31(33-29)19-16-23(28-24(17-19)22-10-6-8-12-27(22)35-28)18-13-14-21-20-9-5-7-11-25(20)32-26(21)15-18/h5-17H,1-4H3. The van der Waals surface area contributed by atoms with Crippen molar-refractivity contribution in [3.63, 3.8) is 0 Å². The summed E-state index contributed by atoms with van der Waals surface area (Å²) in [6, 6.07) is 27.9. The lowest BCUT2D eigenvalue weighted by atomic mass is 9.77. The highest BCUT2D eigenvalue weighted by Gasteiger charge is 2.51. The third-order valence-corrected chi connectivity index (χ3v) is 8.94. The van der Waals surface area contributed by atoms with Crippen molar-refractivity contribution in [1.82, 2.24) is 0 Å². The van der Waals surface area contributed by atoms with E-state index in [1.165, 1.54) is 25.7 Å². The molecule has 0 bridgehead atoms. The first-order valence-corrected chi connectivity index (χ1v) is 12.8. The molecule has 3 heterocycles. The van der Waals surface area contributed by atoms with Crippen molar-refractivity contribution in [3.8, 4) is 11.1 Å². The highest BCUT2D eigenvalue weighted by Crippen LogP contribution is 2.42. The zero-order chi connectivity index (χ0) is 23.9. The summed E-state index contributed by atoms with van der Waals surface area (Å²) in [6.07, 6.45) is 0. The summed E-state index contributed by atoms with van der Waals surface area (Å²) in [5, 5.41) is 4.78. The normalized spacial score (nSPS) is 17.3. The van der Waals surface area contributed by atoms with E-state index in [9.17, 15) is 0 Å². The summed E-state index contributed by atoms with van der Waals surface area (Å²) in [6.45, 7) is 8.40. The molecule has 5 heteroatoms. The molecule has 1 aliphatic heterocycles. The lowest BCUT2D eigenvalue weighted by Crippen LogP contribution is -2.41. The van der Waals surface area contributed by atoms with Gasteiger partial charge in [0.05, 0.1) is 11.2 Å². The average molecular weight is 476 g/mol. The van der Waals surface area contributed by atoms with Gasteiger partial charge in [-0.1, -0.05) is 54.6 Å². The molecule has 0 radical (unpaired) electrons. The van der Waals surface area contributed by atoms with Crippen LogP contribution in [-0.4, -0.2) is 18.3 Å². The molecule has 172 valence electrons. The molecule has 0 atom stereocenters. The molecule has 0 N–H and O–H groups in total. The van der Waals surface area contributed by atoms with Gasteiger partial charge in [0, 0.05) is 30.9 Å². The average Bonchev–Trinajstić information content (AvgIpc) is 3.46. The van der Waals surface area contributed by atoms with E-state index < -0.39 is 18.3 Å². The number of rotatable bonds is 2. The number of fused-ring (bicyclic) bond motifs is 6. The van der Waals surface area contributed by atoms with Crippen LogP contribution in [0.25, 0.3) is 53.2 Å². The minimum Gasteiger partial charge on any atom is -0.456 e. The Hall–Kier alpha value is -3.12. The van der Waals surface area contributed by atoms with E-state index in [0.717, 1.165) is 33.0 Å². The summed E-state index contributed by atoms with van der Waals surface area (Å²) in [7, 11) is -0.420. The van der Waals surface area contributed by atoms with Gasteiger partial charge in [0.25, 0.3) is 0 Å². The van der Waals surface area contributed by atoms with E-state index in [2.05, 4.69) is 94.4 Å². The molecule has 0 spiro atoms. The third kappa shape index (κ3) is 3.12. The van der Waals surface area contributed by atoms with Crippen LogP contribution in [0.1, 0.15) is 27.7 Å². The molecule has 1 fully saturated rings. The first-order chi connectivity index (χ1) is 16.8. The van der Waals surface area contributed by atoms with Crippen molar-refractivity contribution in [2.45, 2.75) is 38.9 Å². The summed E-state index contributed by atoms with van der Waals surface area (Å²) >= 11 is 1.83. The maximum atomic E-state index is 6.45. The minimum absolute atomic E-state index is 0.392. The van der Waals surface area contributed by atoms with Gasteiger partial charge < -0.3 is 13.7 Å². The summed E-state index contributed by atoms with van der Waals surface area (Å²) in [5.41, 5.74) is 4.38. The first-order valence-electron chi connectivity index (χ1n) is 12.0. The van der Waals surface area contributed by atoms with Gasteiger partial charge in [0.15, 0.2) is 0 Å². The van der Waals surface area contributed by atoms with Crippen LogP contribution < -0.4 is 5.46 Å². The van der Waals surface area contributed by atoms with E-state index in [0.29, 0.717) is 0 Å². The Labute approximate surface area is 208 Å². The molecule has 3 nitrogen and oxygen atoms in total. The Bertz CT molecular complexity index is 1760. The quantitative estimate of drug-likeness (QED) is 0.238. The summed E-state index contributed by atoms with van der Waals surface area (Å²) in [5.74, 6) is 0. The van der Waals surface area contributed by atoms with Crippen LogP contribution in [0.3, 0.4) is 0 Å². The monoisotopic (exact) mass is 476 g/mol. The Morgan fingerprint density at radius 2 is 1.34 bits per heavy atom. The Balaban J connectivity index is 1.48. The van der Waals surface area contributed by atoms with Crippen molar-refractivity contribution in [2.75, 3.05) is 0 Å². The molecule has 4 aromatic carbocycles. The molecule has 0 unspecified atom stereocenters. The highest BCUT2D eigenvalue weighted by atomic mass is 32.1. The zero-order valence-corrected chi connectivity index (χ0v) is 21.0. The number of furan rings is 1. The second kappa shape index (κ2) is 7.20. The fraction of sp³-hybridized carbons (Fsp3) is 0.200. The zero-order valence-electron chi connectivity index (χ0n) is 20.2. The number of thiophene rings is 1. The molecule has 35 heavy (non-hydrogen) atoms. The molecule has 2 aromatic heterocycles. The fourth-order valence-corrected chi connectivity index (χ4v) is 6.29. The van der Waals surface area contributed by atoms with Gasteiger partial charge in [-0.05, 0) is 68.6 Å². The van der Waals surface area contributed by atoms with Crippen LogP contribution in [0.15, 0.2) is 83.3 Å². The van der Waals surface area contributed by atoms with Gasteiger partial charge in [0.2, 0.25) is 0 Å². The third-order valence-electron chi connectivity index (χ3n) is 7.72.